The lowest BCUT2D eigenvalue weighted by Crippen LogP contribution is -2.53. The van der Waals surface area contributed by atoms with Crippen LogP contribution in [0.15, 0.2) is 0 Å². The van der Waals surface area contributed by atoms with Gasteiger partial charge in [0, 0.05) is 12.6 Å². The van der Waals surface area contributed by atoms with Crippen LogP contribution in [-0.4, -0.2) is 47.7 Å². The maximum Gasteiger partial charge on any atom is 0.324 e. The average molecular weight is 284 g/mol. The Balaban J connectivity index is 2.64. The summed E-state index contributed by atoms with van der Waals surface area (Å²) in [6, 6.07) is 0.521. The molecular weight excluding hydrogens is 252 g/mol. The Morgan fingerprint density at radius 1 is 1.40 bits per heavy atom. The first-order valence-corrected chi connectivity index (χ1v) is 7.99. The fourth-order valence-corrected chi connectivity index (χ4v) is 3.54. The first-order valence-electron chi connectivity index (χ1n) is 7.99. The number of rotatable bonds is 8. The number of aliphatic carboxylic acids is 1. The average Bonchev–Trinajstić information content (AvgIpc) is 2.77. The number of likely N-dealkylation sites (N-methyl/N-ethyl adjacent to an activating group) is 1. The van der Waals surface area contributed by atoms with Crippen molar-refractivity contribution in [3.8, 4) is 0 Å². The molecule has 0 aliphatic heterocycles. The molecule has 20 heavy (non-hydrogen) atoms. The fraction of sp³-hybridized carbons (Fsp3) is 0.938. The third-order valence-corrected chi connectivity index (χ3v) is 4.74. The molecule has 118 valence electrons. The Morgan fingerprint density at radius 3 is 2.50 bits per heavy atom. The number of carbonyl (C=O) groups is 1. The van der Waals surface area contributed by atoms with Gasteiger partial charge in [-0.05, 0) is 58.5 Å². The van der Waals surface area contributed by atoms with E-state index in [2.05, 4.69) is 37.9 Å². The molecule has 0 heterocycles. The quantitative estimate of drug-likeness (QED) is 0.719. The molecule has 0 amide bonds. The highest BCUT2D eigenvalue weighted by molar-refractivity contribution is 5.79. The van der Waals surface area contributed by atoms with Gasteiger partial charge in [-0.15, -0.1) is 0 Å². The second kappa shape index (κ2) is 7.41. The van der Waals surface area contributed by atoms with Crippen molar-refractivity contribution in [2.45, 2.75) is 65.0 Å². The van der Waals surface area contributed by atoms with E-state index in [1.54, 1.807) is 7.05 Å². The lowest BCUT2D eigenvalue weighted by atomic mass is 9.84. The van der Waals surface area contributed by atoms with E-state index in [4.69, 9.17) is 0 Å². The fourth-order valence-electron chi connectivity index (χ4n) is 3.54. The van der Waals surface area contributed by atoms with E-state index in [0.717, 1.165) is 38.8 Å². The van der Waals surface area contributed by atoms with Crippen LogP contribution >= 0.6 is 0 Å². The van der Waals surface area contributed by atoms with Crippen LogP contribution < -0.4 is 5.32 Å². The smallest absolute Gasteiger partial charge is 0.324 e. The van der Waals surface area contributed by atoms with Crippen LogP contribution in [0.4, 0.5) is 0 Å². The van der Waals surface area contributed by atoms with Gasteiger partial charge in [0.15, 0.2) is 0 Å². The molecular formula is C16H32N2O2. The molecule has 1 rings (SSSR count). The van der Waals surface area contributed by atoms with Crippen molar-refractivity contribution >= 4 is 5.97 Å². The van der Waals surface area contributed by atoms with Gasteiger partial charge in [-0.25, -0.2) is 0 Å². The van der Waals surface area contributed by atoms with Crippen LogP contribution in [0.3, 0.4) is 0 Å². The minimum absolute atomic E-state index is 0.249. The summed E-state index contributed by atoms with van der Waals surface area (Å²) < 4.78 is 0. The number of hydrogen-bond acceptors (Lipinski definition) is 3. The molecule has 0 aromatic heterocycles. The summed E-state index contributed by atoms with van der Waals surface area (Å²) >= 11 is 0. The zero-order valence-corrected chi connectivity index (χ0v) is 13.8. The van der Waals surface area contributed by atoms with Gasteiger partial charge in [0.25, 0.3) is 0 Å². The van der Waals surface area contributed by atoms with Crippen molar-refractivity contribution in [1.29, 1.82) is 0 Å². The van der Waals surface area contributed by atoms with E-state index < -0.39 is 11.5 Å². The monoisotopic (exact) mass is 284 g/mol. The van der Waals surface area contributed by atoms with E-state index in [-0.39, 0.29) is 5.92 Å². The first kappa shape index (κ1) is 17.4. The maximum absolute atomic E-state index is 11.6. The molecule has 1 aliphatic rings. The Hall–Kier alpha value is -0.610. The van der Waals surface area contributed by atoms with Crippen LogP contribution in [0.5, 0.6) is 0 Å². The molecule has 4 nitrogen and oxygen atoms in total. The van der Waals surface area contributed by atoms with E-state index in [9.17, 15) is 9.90 Å². The van der Waals surface area contributed by atoms with Gasteiger partial charge in [-0.1, -0.05) is 20.3 Å². The van der Waals surface area contributed by atoms with Crippen molar-refractivity contribution in [3.63, 3.8) is 0 Å². The van der Waals surface area contributed by atoms with Crippen LogP contribution in [0.25, 0.3) is 0 Å². The minimum Gasteiger partial charge on any atom is -0.480 e. The van der Waals surface area contributed by atoms with Crippen molar-refractivity contribution in [2.24, 2.45) is 11.8 Å². The summed E-state index contributed by atoms with van der Waals surface area (Å²) in [6.07, 6.45) is 3.78. The Labute approximate surface area is 123 Å². The van der Waals surface area contributed by atoms with Crippen molar-refractivity contribution in [3.05, 3.63) is 0 Å². The highest BCUT2D eigenvalue weighted by atomic mass is 16.4. The number of carboxylic acid groups (broad SMARTS) is 1. The van der Waals surface area contributed by atoms with E-state index in [0.29, 0.717) is 12.0 Å². The Kier molecular flexibility index (Phi) is 6.46. The zero-order chi connectivity index (χ0) is 15.3. The first-order chi connectivity index (χ1) is 9.33. The zero-order valence-electron chi connectivity index (χ0n) is 13.8. The molecule has 2 unspecified atom stereocenters. The summed E-state index contributed by atoms with van der Waals surface area (Å²) in [7, 11) is 1.79. The van der Waals surface area contributed by atoms with Gasteiger partial charge in [-0.3, -0.25) is 4.79 Å². The van der Waals surface area contributed by atoms with E-state index >= 15 is 0 Å². The molecule has 0 aromatic carbocycles. The summed E-state index contributed by atoms with van der Waals surface area (Å²) in [6.45, 7) is 11.0. The van der Waals surface area contributed by atoms with Crippen LogP contribution in [0.2, 0.25) is 0 Å². The third kappa shape index (κ3) is 3.95. The minimum atomic E-state index is -0.694. The van der Waals surface area contributed by atoms with Crippen molar-refractivity contribution in [1.82, 2.24) is 10.2 Å². The number of hydrogen-bond donors (Lipinski definition) is 2. The summed E-state index contributed by atoms with van der Waals surface area (Å²) in [5.41, 5.74) is -0.694. The Bertz CT molecular complexity index is 318. The van der Waals surface area contributed by atoms with Gasteiger partial charge < -0.3 is 15.3 Å². The number of carboxylic acids is 1. The standard InChI is InChI=1S/C16H32N2O2/c1-12(2)11-18(13(3)4)10-8-14-7-6-9-16(14,17-5)15(19)20/h12-14,17H,6-11H2,1-5H3,(H,19,20). The molecule has 0 bridgehead atoms. The van der Waals surface area contributed by atoms with E-state index in [1.165, 1.54) is 0 Å². The molecule has 4 heteroatoms. The number of nitrogens with zero attached hydrogens (tertiary/aromatic N) is 1. The summed E-state index contributed by atoms with van der Waals surface area (Å²) in [4.78, 5) is 14.1. The van der Waals surface area contributed by atoms with Crippen molar-refractivity contribution < 1.29 is 9.90 Å². The van der Waals surface area contributed by atoms with E-state index in [1.807, 2.05) is 0 Å². The van der Waals surface area contributed by atoms with Gasteiger partial charge in [0.1, 0.15) is 5.54 Å². The molecule has 2 atom stereocenters. The topological polar surface area (TPSA) is 52.6 Å². The second-order valence-corrected chi connectivity index (χ2v) is 6.89. The van der Waals surface area contributed by atoms with Crippen molar-refractivity contribution in [2.75, 3.05) is 20.1 Å². The predicted molar refractivity (Wildman–Crippen MR) is 82.9 cm³/mol. The molecule has 1 fully saturated rings. The molecule has 1 saturated carbocycles. The van der Waals surface area contributed by atoms with Gasteiger partial charge >= 0.3 is 5.97 Å². The maximum atomic E-state index is 11.6. The molecule has 1 aliphatic carbocycles. The van der Waals surface area contributed by atoms with Gasteiger partial charge in [-0.2, -0.15) is 0 Å². The summed E-state index contributed by atoms with van der Waals surface area (Å²) in [5, 5.41) is 12.7. The highest BCUT2D eigenvalue weighted by Gasteiger charge is 2.47. The SMILES string of the molecule is CNC1(C(=O)O)CCCC1CCN(CC(C)C)C(C)C. The molecule has 0 aromatic rings. The molecule has 0 saturated heterocycles. The number of nitrogens with one attached hydrogen (secondary N) is 1. The predicted octanol–water partition coefficient (Wildman–Crippen LogP) is 2.59. The normalized spacial score (nSPS) is 26.9. The van der Waals surface area contributed by atoms with Gasteiger partial charge in [0.2, 0.25) is 0 Å². The lowest BCUT2D eigenvalue weighted by Gasteiger charge is -2.34. The highest BCUT2D eigenvalue weighted by Crippen LogP contribution is 2.38. The van der Waals surface area contributed by atoms with Gasteiger partial charge in [0.05, 0.1) is 0 Å². The molecule has 0 spiro atoms. The van der Waals surface area contributed by atoms with Crippen LogP contribution in [0.1, 0.15) is 53.4 Å². The molecule has 2 N–H and O–H groups in total. The molecule has 0 radical (unpaired) electrons. The lowest BCUT2D eigenvalue weighted by molar-refractivity contribution is -0.146. The Morgan fingerprint density at radius 2 is 2.05 bits per heavy atom. The van der Waals surface area contributed by atoms with Crippen LogP contribution in [-0.2, 0) is 4.79 Å². The van der Waals surface area contributed by atoms with Crippen LogP contribution in [0, 0.1) is 11.8 Å². The second-order valence-electron chi connectivity index (χ2n) is 6.89. The largest absolute Gasteiger partial charge is 0.480 e. The third-order valence-electron chi connectivity index (χ3n) is 4.74. The summed E-state index contributed by atoms with van der Waals surface area (Å²) in [5.74, 6) is 0.218.